The Morgan fingerprint density at radius 3 is 3.05 bits per heavy atom. The summed E-state index contributed by atoms with van der Waals surface area (Å²) in [6, 6.07) is -0.616. The van der Waals surface area contributed by atoms with Crippen molar-refractivity contribution in [2.24, 2.45) is 24.6 Å². The first-order valence-electron chi connectivity index (χ1n) is 7.08. The summed E-state index contributed by atoms with van der Waals surface area (Å²) < 4.78 is 1.66. The van der Waals surface area contributed by atoms with E-state index in [2.05, 4.69) is 17.3 Å². The predicted molar refractivity (Wildman–Crippen MR) is 74.3 cm³/mol. The highest BCUT2D eigenvalue weighted by Crippen LogP contribution is 2.28. The van der Waals surface area contributed by atoms with Gasteiger partial charge in [-0.05, 0) is 24.7 Å². The maximum absolute atomic E-state index is 12.0. The highest BCUT2D eigenvalue weighted by molar-refractivity contribution is 5.82. The topological polar surface area (TPSA) is 72.9 Å². The van der Waals surface area contributed by atoms with Gasteiger partial charge in [-0.2, -0.15) is 5.10 Å². The van der Waals surface area contributed by atoms with E-state index in [1.165, 1.54) is 25.7 Å². The molecule has 0 saturated heterocycles. The smallest absolute Gasteiger partial charge is 0.241 e. The third kappa shape index (κ3) is 3.80. The molecular weight excluding hydrogens is 240 g/mol. The highest BCUT2D eigenvalue weighted by Gasteiger charge is 2.21. The summed E-state index contributed by atoms with van der Waals surface area (Å²) in [6.07, 6.45) is 8.45. The molecule has 1 heterocycles. The van der Waals surface area contributed by atoms with Gasteiger partial charge in [-0.15, -0.1) is 0 Å². The maximum atomic E-state index is 12.0. The van der Waals surface area contributed by atoms with E-state index in [4.69, 9.17) is 5.73 Å². The Bertz CT molecular complexity index is 429. The molecule has 3 unspecified atom stereocenters. The molecule has 19 heavy (non-hydrogen) atoms. The maximum Gasteiger partial charge on any atom is 0.241 e. The first kappa shape index (κ1) is 14.1. The van der Waals surface area contributed by atoms with Crippen molar-refractivity contribution >= 4 is 5.91 Å². The Labute approximate surface area is 114 Å². The molecule has 1 aliphatic carbocycles. The average molecular weight is 264 g/mol. The molecule has 1 saturated carbocycles. The summed E-state index contributed by atoms with van der Waals surface area (Å²) in [6.45, 7) is 3.03. The van der Waals surface area contributed by atoms with Crippen molar-refractivity contribution in [1.82, 2.24) is 15.1 Å². The number of nitrogens with zero attached hydrogens (tertiary/aromatic N) is 2. The Morgan fingerprint density at radius 1 is 1.63 bits per heavy atom. The van der Waals surface area contributed by atoms with Crippen molar-refractivity contribution in [2.75, 3.05) is 6.54 Å². The fraction of sp³-hybridized carbons (Fsp3) is 0.714. The largest absolute Gasteiger partial charge is 0.354 e. The van der Waals surface area contributed by atoms with Gasteiger partial charge in [0.2, 0.25) is 5.91 Å². The van der Waals surface area contributed by atoms with E-state index in [-0.39, 0.29) is 5.91 Å². The van der Waals surface area contributed by atoms with Crippen LogP contribution in [0.3, 0.4) is 0 Å². The van der Waals surface area contributed by atoms with Crippen LogP contribution in [0.2, 0.25) is 0 Å². The number of aromatic nitrogens is 2. The molecule has 0 radical (unpaired) electrons. The summed E-state index contributed by atoms with van der Waals surface area (Å²) in [7, 11) is 1.82. The number of carbonyl (C=O) groups is 1. The van der Waals surface area contributed by atoms with Crippen LogP contribution in [0.5, 0.6) is 0 Å². The fourth-order valence-electron chi connectivity index (χ4n) is 2.85. The SMILES string of the molecule is CC1CCCC(CNC(=O)C(N)c2cnn(C)c2)C1. The third-order valence-electron chi connectivity index (χ3n) is 3.98. The van der Waals surface area contributed by atoms with Gasteiger partial charge in [0.25, 0.3) is 0 Å². The zero-order valence-corrected chi connectivity index (χ0v) is 11.8. The fourth-order valence-corrected chi connectivity index (χ4v) is 2.85. The normalized spacial score (nSPS) is 25.0. The van der Waals surface area contributed by atoms with Gasteiger partial charge in [-0.1, -0.05) is 19.8 Å². The van der Waals surface area contributed by atoms with Crippen molar-refractivity contribution in [3.8, 4) is 0 Å². The minimum Gasteiger partial charge on any atom is -0.354 e. The first-order valence-corrected chi connectivity index (χ1v) is 7.08. The van der Waals surface area contributed by atoms with Gasteiger partial charge in [0, 0.05) is 25.4 Å². The zero-order valence-electron chi connectivity index (χ0n) is 11.8. The molecule has 106 valence electrons. The second kappa shape index (κ2) is 6.19. The lowest BCUT2D eigenvalue weighted by Crippen LogP contribution is -2.37. The average Bonchev–Trinajstić information content (AvgIpc) is 2.82. The number of carbonyl (C=O) groups excluding carboxylic acids is 1. The van der Waals surface area contributed by atoms with E-state index in [1.54, 1.807) is 17.1 Å². The van der Waals surface area contributed by atoms with Gasteiger partial charge in [0.05, 0.1) is 6.20 Å². The van der Waals surface area contributed by atoms with Gasteiger partial charge in [0.1, 0.15) is 6.04 Å². The summed E-state index contributed by atoms with van der Waals surface area (Å²) >= 11 is 0. The minimum absolute atomic E-state index is 0.105. The van der Waals surface area contributed by atoms with Gasteiger partial charge in [0.15, 0.2) is 0 Å². The monoisotopic (exact) mass is 264 g/mol. The van der Waals surface area contributed by atoms with Crippen LogP contribution < -0.4 is 11.1 Å². The van der Waals surface area contributed by atoms with E-state index in [0.717, 1.165) is 18.0 Å². The lowest BCUT2D eigenvalue weighted by molar-refractivity contribution is -0.122. The molecule has 1 aromatic heterocycles. The van der Waals surface area contributed by atoms with E-state index < -0.39 is 6.04 Å². The third-order valence-corrected chi connectivity index (χ3v) is 3.98. The van der Waals surface area contributed by atoms with Crippen LogP contribution in [0.1, 0.15) is 44.2 Å². The lowest BCUT2D eigenvalue weighted by atomic mass is 9.82. The van der Waals surface area contributed by atoms with Gasteiger partial charge in [-0.3, -0.25) is 9.48 Å². The van der Waals surface area contributed by atoms with Crippen molar-refractivity contribution in [3.05, 3.63) is 18.0 Å². The summed E-state index contributed by atoms with van der Waals surface area (Å²) in [4.78, 5) is 12.0. The molecule has 1 amide bonds. The molecule has 3 atom stereocenters. The van der Waals surface area contributed by atoms with Crippen LogP contribution in [-0.2, 0) is 11.8 Å². The van der Waals surface area contributed by atoms with Crippen molar-refractivity contribution in [3.63, 3.8) is 0 Å². The number of aryl methyl sites for hydroxylation is 1. The standard InChI is InChI=1S/C14H24N4O/c1-10-4-3-5-11(6-10)7-16-14(19)13(15)12-8-17-18(2)9-12/h8-11,13H,3-7,15H2,1-2H3,(H,16,19). The second-order valence-electron chi connectivity index (χ2n) is 5.81. The highest BCUT2D eigenvalue weighted by atomic mass is 16.2. The van der Waals surface area contributed by atoms with Crippen LogP contribution in [0.25, 0.3) is 0 Å². The zero-order chi connectivity index (χ0) is 13.8. The van der Waals surface area contributed by atoms with E-state index in [0.29, 0.717) is 5.92 Å². The molecular formula is C14H24N4O. The summed E-state index contributed by atoms with van der Waals surface area (Å²) in [5.74, 6) is 1.28. The second-order valence-corrected chi connectivity index (χ2v) is 5.81. The molecule has 0 bridgehead atoms. The minimum atomic E-state index is -0.616. The number of rotatable bonds is 4. The van der Waals surface area contributed by atoms with Gasteiger partial charge in [-0.25, -0.2) is 0 Å². The number of nitrogens with two attached hydrogens (primary N) is 1. The molecule has 1 aliphatic rings. The molecule has 5 nitrogen and oxygen atoms in total. The molecule has 1 aromatic rings. The van der Waals surface area contributed by atoms with Crippen molar-refractivity contribution in [1.29, 1.82) is 0 Å². The predicted octanol–water partition coefficient (Wildman–Crippen LogP) is 1.36. The Balaban J connectivity index is 1.80. The molecule has 1 fully saturated rings. The number of amides is 1. The van der Waals surface area contributed by atoms with Gasteiger partial charge >= 0.3 is 0 Å². The quantitative estimate of drug-likeness (QED) is 0.862. The molecule has 3 N–H and O–H groups in total. The van der Waals surface area contributed by atoms with E-state index in [1.807, 2.05) is 7.05 Å². The Morgan fingerprint density at radius 2 is 2.42 bits per heavy atom. The molecule has 5 heteroatoms. The summed E-state index contributed by atoms with van der Waals surface area (Å²) in [5.41, 5.74) is 6.69. The first-order chi connectivity index (χ1) is 9.06. The molecule has 0 aromatic carbocycles. The molecule has 2 rings (SSSR count). The summed E-state index contributed by atoms with van der Waals surface area (Å²) in [5, 5.41) is 7.02. The molecule has 0 aliphatic heterocycles. The lowest BCUT2D eigenvalue weighted by Gasteiger charge is -2.27. The number of hydrogen-bond donors (Lipinski definition) is 2. The molecule has 0 spiro atoms. The van der Waals surface area contributed by atoms with E-state index >= 15 is 0 Å². The van der Waals surface area contributed by atoms with Crippen LogP contribution in [0.4, 0.5) is 0 Å². The van der Waals surface area contributed by atoms with Crippen LogP contribution >= 0.6 is 0 Å². The van der Waals surface area contributed by atoms with Gasteiger partial charge < -0.3 is 11.1 Å². The van der Waals surface area contributed by atoms with E-state index in [9.17, 15) is 4.79 Å². The van der Waals surface area contributed by atoms with Crippen LogP contribution in [-0.4, -0.2) is 22.2 Å². The van der Waals surface area contributed by atoms with Crippen LogP contribution in [0.15, 0.2) is 12.4 Å². The van der Waals surface area contributed by atoms with Crippen molar-refractivity contribution in [2.45, 2.75) is 38.6 Å². The van der Waals surface area contributed by atoms with Crippen molar-refractivity contribution < 1.29 is 4.79 Å². The number of hydrogen-bond acceptors (Lipinski definition) is 3. The Hall–Kier alpha value is -1.36. The van der Waals surface area contributed by atoms with Crippen LogP contribution in [0, 0.1) is 11.8 Å². The number of nitrogens with one attached hydrogen (secondary N) is 1. The Kier molecular flexibility index (Phi) is 4.58.